The number of nitrogens with zero attached hydrogens (tertiary/aromatic N) is 3. The van der Waals surface area contributed by atoms with Crippen molar-refractivity contribution >= 4 is 29.1 Å². The van der Waals surface area contributed by atoms with E-state index in [1.54, 1.807) is 13.2 Å². The number of aromatic nitrogens is 3. The van der Waals surface area contributed by atoms with E-state index in [1.165, 1.54) is 18.3 Å². The van der Waals surface area contributed by atoms with Crippen molar-refractivity contribution in [2.75, 3.05) is 24.3 Å². The lowest BCUT2D eigenvalue weighted by atomic mass is 10.1. The number of nitrogens with one attached hydrogen (secondary N) is 2. The number of rotatable bonds is 7. The standard InChI is InChI=1S/C18H17ClFN5O/c1-26-14-4-2-3-12(9-14)7-8-21-17-11-22-25-18(24-17)23-13-5-6-16(20)15(19)10-13/h2-6,9-11H,7-8H2,1H3,(H2,21,23,24,25). The van der Waals surface area contributed by atoms with E-state index in [0.717, 1.165) is 17.7 Å². The average Bonchev–Trinajstić information content (AvgIpc) is 2.65. The summed E-state index contributed by atoms with van der Waals surface area (Å²) in [5, 5.41) is 14.0. The Morgan fingerprint density at radius 2 is 2.08 bits per heavy atom. The molecule has 0 spiro atoms. The van der Waals surface area contributed by atoms with E-state index >= 15 is 0 Å². The Labute approximate surface area is 155 Å². The number of methoxy groups -OCH3 is 1. The van der Waals surface area contributed by atoms with Crippen LogP contribution >= 0.6 is 11.6 Å². The number of anilines is 3. The van der Waals surface area contributed by atoms with Crippen LogP contribution in [0, 0.1) is 5.82 Å². The summed E-state index contributed by atoms with van der Waals surface area (Å²) in [7, 11) is 1.65. The molecule has 0 aliphatic carbocycles. The monoisotopic (exact) mass is 373 g/mol. The molecule has 2 N–H and O–H groups in total. The minimum Gasteiger partial charge on any atom is -0.497 e. The first-order chi connectivity index (χ1) is 12.6. The van der Waals surface area contributed by atoms with Gasteiger partial charge in [-0.3, -0.25) is 0 Å². The van der Waals surface area contributed by atoms with Gasteiger partial charge in [-0.05, 0) is 42.3 Å². The number of benzene rings is 2. The number of hydrogen-bond acceptors (Lipinski definition) is 6. The van der Waals surface area contributed by atoms with Crippen LogP contribution in [0.25, 0.3) is 0 Å². The Kier molecular flexibility index (Phi) is 5.80. The lowest BCUT2D eigenvalue weighted by Crippen LogP contribution is -2.09. The van der Waals surface area contributed by atoms with Crippen LogP contribution in [-0.2, 0) is 6.42 Å². The van der Waals surface area contributed by atoms with E-state index in [2.05, 4.69) is 25.8 Å². The van der Waals surface area contributed by atoms with Gasteiger partial charge >= 0.3 is 0 Å². The maximum Gasteiger partial charge on any atom is 0.249 e. The summed E-state index contributed by atoms with van der Waals surface area (Å²) in [6, 6.07) is 12.2. The molecule has 6 nitrogen and oxygen atoms in total. The highest BCUT2D eigenvalue weighted by atomic mass is 35.5. The van der Waals surface area contributed by atoms with Crippen molar-refractivity contribution in [1.29, 1.82) is 0 Å². The van der Waals surface area contributed by atoms with Crippen molar-refractivity contribution in [1.82, 2.24) is 15.2 Å². The van der Waals surface area contributed by atoms with Crippen molar-refractivity contribution in [3.8, 4) is 5.75 Å². The van der Waals surface area contributed by atoms with Gasteiger partial charge < -0.3 is 15.4 Å². The molecule has 0 unspecified atom stereocenters. The summed E-state index contributed by atoms with van der Waals surface area (Å²) in [6.07, 6.45) is 2.34. The van der Waals surface area contributed by atoms with Crippen LogP contribution in [0.5, 0.6) is 5.75 Å². The molecular weight excluding hydrogens is 357 g/mol. The van der Waals surface area contributed by atoms with Gasteiger partial charge in [0.2, 0.25) is 5.95 Å². The molecule has 0 radical (unpaired) electrons. The zero-order valence-corrected chi connectivity index (χ0v) is 14.8. The lowest BCUT2D eigenvalue weighted by molar-refractivity contribution is 0.414. The number of hydrogen-bond donors (Lipinski definition) is 2. The molecule has 0 fully saturated rings. The minimum absolute atomic E-state index is 0.0236. The van der Waals surface area contributed by atoms with Gasteiger partial charge in [-0.1, -0.05) is 23.7 Å². The molecule has 1 aromatic heterocycles. The summed E-state index contributed by atoms with van der Waals surface area (Å²) >= 11 is 5.77. The average molecular weight is 374 g/mol. The third-order valence-corrected chi connectivity index (χ3v) is 3.88. The summed E-state index contributed by atoms with van der Waals surface area (Å²) in [5.74, 6) is 1.22. The van der Waals surface area contributed by atoms with Crippen LogP contribution in [-0.4, -0.2) is 28.8 Å². The zero-order valence-electron chi connectivity index (χ0n) is 14.0. The molecule has 0 aliphatic heterocycles. The molecule has 0 saturated heterocycles. The van der Waals surface area contributed by atoms with E-state index in [1.807, 2.05) is 24.3 Å². The summed E-state index contributed by atoms with van der Waals surface area (Å²) in [6.45, 7) is 0.674. The molecule has 1 heterocycles. The van der Waals surface area contributed by atoms with E-state index < -0.39 is 5.82 Å². The van der Waals surface area contributed by atoms with Crippen LogP contribution in [0.3, 0.4) is 0 Å². The van der Waals surface area contributed by atoms with E-state index in [9.17, 15) is 4.39 Å². The summed E-state index contributed by atoms with van der Waals surface area (Å²) in [4.78, 5) is 4.33. The second-order valence-electron chi connectivity index (χ2n) is 5.45. The first kappa shape index (κ1) is 17.9. The largest absolute Gasteiger partial charge is 0.497 e. The van der Waals surface area contributed by atoms with E-state index in [0.29, 0.717) is 24.0 Å². The highest BCUT2D eigenvalue weighted by molar-refractivity contribution is 6.31. The predicted octanol–water partition coefficient (Wildman–Crippen LogP) is 4.07. The van der Waals surface area contributed by atoms with Crippen LogP contribution in [0.4, 0.5) is 21.8 Å². The minimum atomic E-state index is -0.482. The fourth-order valence-electron chi connectivity index (χ4n) is 2.31. The van der Waals surface area contributed by atoms with Crippen molar-refractivity contribution in [2.45, 2.75) is 6.42 Å². The first-order valence-corrected chi connectivity index (χ1v) is 8.30. The van der Waals surface area contributed by atoms with Gasteiger partial charge in [0.25, 0.3) is 0 Å². The van der Waals surface area contributed by atoms with Gasteiger partial charge in [0.1, 0.15) is 11.6 Å². The molecule has 3 rings (SSSR count). The van der Waals surface area contributed by atoms with Crippen molar-refractivity contribution in [2.24, 2.45) is 0 Å². The third kappa shape index (κ3) is 4.80. The Balaban J connectivity index is 1.59. The van der Waals surface area contributed by atoms with Gasteiger partial charge in [0.15, 0.2) is 5.82 Å². The summed E-state index contributed by atoms with van der Waals surface area (Å²) < 4.78 is 18.4. The van der Waals surface area contributed by atoms with Crippen molar-refractivity contribution < 1.29 is 9.13 Å². The Morgan fingerprint density at radius 3 is 2.88 bits per heavy atom. The highest BCUT2D eigenvalue weighted by Gasteiger charge is 2.05. The third-order valence-electron chi connectivity index (χ3n) is 3.59. The van der Waals surface area contributed by atoms with Crippen LogP contribution in [0.15, 0.2) is 48.7 Å². The van der Waals surface area contributed by atoms with E-state index in [-0.39, 0.29) is 5.02 Å². The maximum absolute atomic E-state index is 13.2. The smallest absolute Gasteiger partial charge is 0.249 e. The van der Waals surface area contributed by atoms with Crippen LogP contribution in [0.1, 0.15) is 5.56 Å². The lowest BCUT2D eigenvalue weighted by Gasteiger charge is -2.09. The molecule has 8 heteroatoms. The molecule has 0 saturated carbocycles. The number of halogens is 2. The molecule has 0 amide bonds. The quantitative estimate of drug-likeness (QED) is 0.650. The predicted molar refractivity (Wildman–Crippen MR) is 99.7 cm³/mol. The van der Waals surface area contributed by atoms with Gasteiger partial charge in [0, 0.05) is 12.2 Å². The topological polar surface area (TPSA) is 72.0 Å². The SMILES string of the molecule is COc1cccc(CCNc2cnnc(Nc3ccc(F)c(Cl)c3)n2)c1. The van der Waals surface area contributed by atoms with Gasteiger partial charge in [-0.15, -0.1) is 5.10 Å². The molecule has 26 heavy (non-hydrogen) atoms. The summed E-state index contributed by atoms with van der Waals surface area (Å²) in [5.41, 5.74) is 1.73. The van der Waals surface area contributed by atoms with Gasteiger partial charge in [-0.2, -0.15) is 10.1 Å². The second-order valence-corrected chi connectivity index (χ2v) is 5.85. The highest BCUT2D eigenvalue weighted by Crippen LogP contribution is 2.21. The van der Waals surface area contributed by atoms with Crippen LogP contribution in [0.2, 0.25) is 5.02 Å². The molecule has 0 bridgehead atoms. The Bertz CT molecular complexity index is 893. The molecular formula is C18H17ClFN5O. The molecule has 0 aliphatic rings. The first-order valence-electron chi connectivity index (χ1n) is 7.92. The van der Waals surface area contributed by atoms with Crippen LogP contribution < -0.4 is 15.4 Å². The normalized spacial score (nSPS) is 10.4. The molecule has 0 atom stereocenters. The van der Waals surface area contributed by atoms with Crippen molar-refractivity contribution in [3.05, 3.63) is 65.1 Å². The molecule has 134 valence electrons. The van der Waals surface area contributed by atoms with Gasteiger partial charge in [0.05, 0.1) is 18.3 Å². The Morgan fingerprint density at radius 1 is 1.19 bits per heavy atom. The zero-order chi connectivity index (χ0) is 18.4. The maximum atomic E-state index is 13.2. The fourth-order valence-corrected chi connectivity index (χ4v) is 2.49. The van der Waals surface area contributed by atoms with Crippen molar-refractivity contribution in [3.63, 3.8) is 0 Å². The Hall–Kier alpha value is -2.93. The number of ether oxygens (including phenoxy) is 1. The van der Waals surface area contributed by atoms with E-state index in [4.69, 9.17) is 16.3 Å². The fraction of sp³-hybridized carbons (Fsp3) is 0.167. The second kappa shape index (κ2) is 8.44. The molecule has 3 aromatic rings. The van der Waals surface area contributed by atoms with Gasteiger partial charge in [-0.25, -0.2) is 4.39 Å². The molecule has 2 aromatic carbocycles.